The summed E-state index contributed by atoms with van der Waals surface area (Å²) >= 11 is 1.84. The molecule has 59 heavy (non-hydrogen) atoms. The maximum Gasteiger partial charge on any atom is 0.164 e. The molecule has 0 saturated carbocycles. The molecule has 0 fully saturated rings. The van der Waals surface area contributed by atoms with Gasteiger partial charge in [0.1, 0.15) is 0 Å². The van der Waals surface area contributed by atoms with E-state index in [1.807, 2.05) is 72.0 Å². The third-order valence-corrected chi connectivity index (χ3v) is 12.7. The molecule has 12 aromatic rings. The van der Waals surface area contributed by atoms with E-state index in [1.54, 1.807) is 0 Å². The van der Waals surface area contributed by atoms with Gasteiger partial charge in [-0.2, -0.15) is 0 Å². The number of benzene rings is 9. The van der Waals surface area contributed by atoms with Crippen LogP contribution in [0.15, 0.2) is 194 Å². The van der Waals surface area contributed by atoms with Crippen LogP contribution in [0.1, 0.15) is 0 Å². The summed E-state index contributed by atoms with van der Waals surface area (Å²) in [6, 6.07) is 68.5. The molecule has 0 aliphatic carbocycles. The van der Waals surface area contributed by atoms with Crippen molar-refractivity contribution in [3.63, 3.8) is 0 Å². The van der Waals surface area contributed by atoms with Gasteiger partial charge in [0, 0.05) is 47.8 Å². The van der Waals surface area contributed by atoms with E-state index in [0.717, 1.165) is 38.9 Å². The van der Waals surface area contributed by atoms with Crippen molar-refractivity contribution in [1.29, 1.82) is 0 Å². The van der Waals surface area contributed by atoms with Crippen LogP contribution in [0, 0.1) is 0 Å². The predicted octanol–water partition coefficient (Wildman–Crippen LogP) is 14.6. The standard InChI is InChI=1S/C54H32N4S/c1-3-15-33(16-4-1)52-56-53(34-17-5-2-6-18-34)58-54(57-52)37-20-13-19-36(31-37)50-49-44-25-11-12-28-47(44)59-51(49)48-38(26-14-27-46(48)55-50)35-29-30-43-41-23-8-7-21-39(41)40-22-9-10-24-42(40)45(43)32-35/h1-32H. The minimum Gasteiger partial charge on any atom is -0.247 e. The number of fused-ring (bicyclic) bond motifs is 11. The van der Waals surface area contributed by atoms with E-state index in [-0.39, 0.29) is 0 Å². The molecule has 5 heteroatoms. The lowest BCUT2D eigenvalue weighted by Gasteiger charge is -2.14. The Morgan fingerprint density at radius 1 is 0.305 bits per heavy atom. The van der Waals surface area contributed by atoms with Gasteiger partial charge in [0.25, 0.3) is 0 Å². The molecule has 0 bridgehead atoms. The van der Waals surface area contributed by atoms with E-state index >= 15 is 0 Å². The maximum atomic E-state index is 5.55. The van der Waals surface area contributed by atoms with Crippen molar-refractivity contribution < 1.29 is 0 Å². The molecule has 0 aliphatic rings. The maximum absolute atomic E-state index is 5.55. The lowest BCUT2D eigenvalue weighted by Crippen LogP contribution is -2.00. The van der Waals surface area contributed by atoms with Crippen molar-refractivity contribution in [3.8, 4) is 56.5 Å². The fourth-order valence-electron chi connectivity index (χ4n) is 8.77. The number of hydrogen-bond acceptors (Lipinski definition) is 5. The predicted molar refractivity (Wildman–Crippen MR) is 248 cm³/mol. The molecule has 0 unspecified atom stereocenters. The Balaban J connectivity index is 1.07. The third-order valence-electron chi connectivity index (χ3n) is 11.5. The first kappa shape index (κ1) is 33.5. The second kappa shape index (κ2) is 13.5. The molecule has 0 saturated heterocycles. The van der Waals surface area contributed by atoms with Crippen LogP contribution in [0.5, 0.6) is 0 Å². The third kappa shape index (κ3) is 5.51. The molecule has 0 N–H and O–H groups in total. The highest BCUT2D eigenvalue weighted by Crippen LogP contribution is 2.46. The van der Waals surface area contributed by atoms with Gasteiger partial charge in [-0.05, 0) is 67.7 Å². The van der Waals surface area contributed by atoms with Gasteiger partial charge in [-0.3, -0.25) is 0 Å². The van der Waals surface area contributed by atoms with Crippen LogP contribution in [0.25, 0.3) is 120 Å². The van der Waals surface area contributed by atoms with Gasteiger partial charge in [0.15, 0.2) is 17.5 Å². The normalized spacial score (nSPS) is 11.7. The van der Waals surface area contributed by atoms with Crippen LogP contribution in [0.3, 0.4) is 0 Å². The van der Waals surface area contributed by atoms with E-state index in [4.69, 9.17) is 19.9 Å². The number of thiophene rings is 1. The summed E-state index contributed by atoms with van der Waals surface area (Å²) in [4.78, 5) is 20.6. The molecule has 4 nitrogen and oxygen atoms in total. The van der Waals surface area contributed by atoms with Gasteiger partial charge < -0.3 is 0 Å². The highest BCUT2D eigenvalue weighted by Gasteiger charge is 2.21. The average Bonchev–Trinajstić information content (AvgIpc) is 3.71. The van der Waals surface area contributed by atoms with Crippen LogP contribution in [-0.2, 0) is 0 Å². The number of aromatic nitrogens is 4. The summed E-state index contributed by atoms with van der Waals surface area (Å²) in [5.74, 6) is 1.89. The highest BCUT2D eigenvalue weighted by atomic mass is 32.1. The van der Waals surface area contributed by atoms with Crippen LogP contribution < -0.4 is 0 Å². The SMILES string of the molecule is c1ccc(-c2nc(-c3ccccc3)nc(-c3cccc(-c4nc5cccc(-c6ccc7c8ccccc8c8ccccc8c7c6)c5c5sc6ccccc6c45)c3)n2)cc1. The fraction of sp³-hybridized carbons (Fsp3) is 0. The van der Waals surface area contributed by atoms with E-state index in [1.165, 1.54) is 63.6 Å². The van der Waals surface area contributed by atoms with Crippen LogP contribution in [0.2, 0.25) is 0 Å². The Hall–Kier alpha value is -7.60. The molecular formula is C54H32N4S. The van der Waals surface area contributed by atoms with Crippen LogP contribution in [0.4, 0.5) is 0 Å². The van der Waals surface area contributed by atoms with E-state index in [2.05, 4.69) is 133 Å². The molecule has 0 spiro atoms. The summed E-state index contributed by atoms with van der Waals surface area (Å²) in [7, 11) is 0. The van der Waals surface area contributed by atoms with Gasteiger partial charge >= 0.3 is 0 Å². The largest absolute Gasteiger partial charge is 0.247 e. The first-order chi connectivity index (χ1) is 29.2. The molecular weight excluding hydrogens is 737 g/mol. The first-order valence-electron chi connectivity index (χ1n) is 19.8. The smallest absolute Gasteiger partial charge is 0.164 e. The molecule has 0 radical (unpaired) electrons. The van der Waals surface area contributed by atoms with Gasteiger partial charge in [-0.15, -0.1) is 11.3 Å². The zero-order chi connectivity index (χ0) is 38.9. The Bertz CT molecular complexity index is 3520. The van der Waals surface area contributed by atoms with Crippen molar-refractivity contribution in [3.05, 3.63) is 194 Å². The van der Waals surface area contributed by atoms with Crippen molar-refractivity contribution in [1.82, 2.24) is 19.9 Å². The van der Waals surface area contributed by atoms with Crippen LogP contribution in [-0.4, -0.2) is 19.9 Å². The molecule has 12 rings (SSSR count). The summed E-state index contributed by atoms with van der Waals surface area (Å²) in [6.07, 6.45) is 0. The summed E-state index contributed by atoms with van der Waals surface area (Å²) in [5, 5.41) is 11.1. The minimum atomic E-state index is 0.616. The lowest BCUT2D eigenvalue weighted by atomic mass is 9.91. The van der Waals surface area contributed by atoms with Crippen molar-refractivity contribution >= 4 is 74.7 Å². The van der Waals surface area contributed by atoms with Gasteiger partial charge in [0.2, 0.25) is 0 Å². The van der Waals surface area contributed by atoms with Gasteiger partial charge in [-0.1, -0.05) is 170 Å². The fourth-order valence-corrected chi connectivity index (χ4v) is 10.0. The minimum absolute atomic E-state index is 0.616. The van der Waals surface area contributed by atoms with E-state index in [9.17, 15) is 0 Å². The Labute approximate surface area is 343 Å². The summed E-state index contributed by atoms with van der Waals surface area (Å²) < 4.78 is 2.46. The monoisotopic (exact) mass is 768 g/mol. The van der Waals surface area contributed by atoms with Crippen LogP contribution >= 0.6 is 11.3 Å². The van der Waals surface area contributed by atoms with Crippen molar-refractivity contribution in [2.75, 3.05) is 0 Å². The molecule has 274 valence electrons. The second-order valence-electron chi connectivity index (χ2n) is 14.9. The number of nitrogens with zero attached hydrogens (tertiary/aromatic N) is 4. The van der Waals surface area contributed by atoms with Crippen molar-refractivity contribution in [2.24, 2.45) is 0 Å². The first-order valence-corrected chi connectivity index (χ1v) is 20.6. The van der Waals surface area contributed by atoms with Gasteiger partial charge in [0.05, 0.1) is 11.2 Å². The van der Waals surface area contributed by atoms with Crippen molar-refractivity contribution in [2.45, 2.75) is 0 Å². The Morgan fingerprint density at radius 2 is 0.814 bits per heavy atom. The molecule has 3 aromatic heterocycles. The molecule has 0 aliphatic heterocycles. The zero-order valence-corrected chi connectivity index (χ0v) is 32.5. The Morgan fingerprint density at radius 3 is 1.47 bits per heavy atom. The highest BCUT2D eigenvalue weighted by molar-refractivity contribution is 7.26. The lowest BCUT2D eigenvalue weighted by molar-refractivity contribution is 1.07. The topological polar surface area (TPSA) is 51.6 Å². The molecule has 0 amide bonds. The number of rotatable bonds is 5. The summed E-state index contributed by atoms with van der Waals surface area (Å²) in [5.41, 5.74) is 8.06. The number of pyridine rings is 1. The second-order valence-corrected chi connectivity index (χ2v) is 16.0. The average molecular weight is 769 g/mol. The van der Waals surface area contributed by atoms with E-state index in [0.29, 0.717) is 17.5 Å². The van der Waals surface area contributed by atoms with Gasteiger partial charge in [-0.25, -0.2) is 19.9 Å². The number of hydrogen-bond donors (Lipinski definition) is 0. The Kier molecular flexibility index (Phi) is 7.68. The quantitative estimate of drug-likeness (QED) is 0.164. The molecule has 0 atom stereocenters. The molecule has 3 heterocycles. The zero-order valence-electron chi connectivity index (χ0n) is 31.7. The van der Waals surface area contributed by atoms with E-state index < -0.39 is 0 Å². The molecule has 9 aromatic carbocycles. The summed E-state index contributed by atoms with van der Waals surface area (Å²) in [6.45, 7) is 0.